The molecule has 84 valence electrons. The van der Waals surface area contributed by atoms with E-state index in [1.54, 1.807) is 11.3 Å². The summed E-state index contributed by atoms with van der Waals surface area (Å²) in [6, 6.07) is 2.31. The number of nitrogens with two attached hydrogens (primary N) is 1. The quantitative estimate of drug-likeness (QED) is 0.661. The molecule has 1 aromatic rings. The van der Waals surface area contributed by atoms with Crippen LogP contribution in [0.4, 0.5) is 0 Å². The first kappa shape index (κ1) is 11.5. The Morgan fingerprint density at radius 3 is 3.13 bits per heavy atom. The minimum atomic E-state index is 0.242. The van der Waals surface area contributed by atoms with Crippen molar-refractivity contribution in [3.05, 3.63) is 20.8 Å². The number of hydrazine groups is 1. The van der Waals surface area contributed by atoms with Crippen molar-refractivity contribution < 1.29 is 4.74 Å². The lowest BCUT2D eigenvalue weighted by atomic mass is 9.99. The van der Waals surface area contributed by atoms with Crippen molar-refractivity contribution in [2.45, 2.75) is 18.9 Å². The molecule has 3 nitrogen and oxygen atoms in total. The summed E-state index contributed by atoms with van der Waals surface area (Å²) >= 11 is 5.28. The van der Waals surface area contributed by atoms with Gasteiger partial charge in [0.05, 0.1) is 6.04 Å². The standard InChI is InChI=1S/C10H15BrN2OS/c11-8-2-4-15-10(8)9(13-12)5-7-1-3-14-6-7/h2,4,7,9,13H,1,3,5-6,12H2. The number of hydrogen-bond acceptors (Lipinski definition) is 4. The number of thiophene rings is 1. The van der Waals surface area contributed by atoms with Crippen molar-refractivity contribution >= 4 is 27.3 Å². The number of ether oxygens (including phenoxy) is 1. The molecular weight excluding hydrogens is 276 g/mol. The molecule has 0 aromatic carbocycles. The minimum Gasteiger partial charge on any atom is -0.381 e. The summed E-state index contributed by atoms with van der Waals surface area (Å²) in [5.41, 5.74) is 2.90. The van der Waals surface area contributed by atoms with Crippen LogP contribution in [-0.2, 0) is 4.74 Å². The van der Waals surface area contributed by atoms with E-state index in [0.29, 0.717) is 5.92 Å². The van der Waals surface area contributed by atoms with Gasteiger partial charge in [0, 0.05) is 22.6 Å². The first-order valence-corrected chi connectivity index (χ1v) is 6.75. The maximum absolute atomic E-state index is 5.61. The number of rotatable bonds is 4. The number of halogens is 1. The number of nitrogens with one attached hydrogen (secondary N) is 1. The van der Waals surface area contributed by atoms with E-state index in [0.717, 1.165) is 30.5 Å². The van der Waals surface area contributed by atoms with E-state index in [9.17, 15) is 0 Å². The van der Waals surface area contributed by atoms with Crippen LogP contribution in [0, 0.1) is 5.92 Å². The molecule has 15 heavy (non-hydrogen) atoms. The van der Waals surface area contributed by atoms with Crippen LogP contribution in [0.3, 0.4) is 0 Å². The molecule has 1 aliphatic rings. The minimum absolute atomic E-state index is 0.242. The lowest BCUT2D eigenvalue weighted by Crippen LogP contribution is -2.29. The van der Waals surface area contributed by atoms with Crippen LogP contribution in [0.5, 0.6) is 0 Å². The van der Waals surface area contributed by atoms with Crippen molar-refractivity contribution in [1.82, 2.24) is 5.43 Å². The molecule has 0 spiro atoms. The van der Waals surface area contributed by atoms with Gasteiger partial charge in [0.25, 0.3) is 0 Å². The van der Waals surface area contributed by atoms with E-state index < -0.39 is 0 Å². The molecule has 0 bridgehead atoms. The summed E-state index contributed by atoms with van der Waals surface area (Å²) in [6.45, 7) is 1.77. The Hall–Kier alpha value is 0.0600. The van der Waals surface area contributed by atoms with Crippen LogP contribution < -0.4 is 11.3 Å². The van der Waals surface area contributed by atoms with Gasteiger partial charge < -0.3 is 4.74 Å². The predicted molar refractivity (Wildman–Crippen MR) is 65.6 cm³/mol. The summed E-state index contributed by atoms with van der Waals surface area (Å²) in [7, 11) is 0. The molecule has 2 rings (SSSR count). The van der Waals surface area contributed by atoms with Crippen molar-refractivity contribution in [1.29, 1.82) is 0 Å². The Kier molecular flexibility index (Phi) is 4.16. The molecule has 0 aliphatic carbocycles. The van der Waals surface area contributed by atoms with Gasteiger partial charge in [-0.2, -0.15) is 0 Å². The Labute approximate surface area is 102 Å². The van der Waals surface area contributed by atoms with Crippen molar-refractivity contribution in [2.75, 3.05) is 13.2 Å². The van der Waals surface area contributed by atoms with Gasteiger partial charge in [-0.05, 0) is 46.1 Å². The molecule has 0 amide bonds. The molecule has 0 radical (unpaired) electrons. The van der Waals surface area contributed by atoms with E-state index in [1.807, 2.05) is 0 Å². The Balaban J connectivity index is 2.00. The molecule has 5 heteroatoms. The van der Waals surface area contributed by atoms with Gasteiger partial charge in [0.1, 0.15) is 0 Å². The Morgan fingerprint density at radius 2 is 2.60 bits per heavy atom. The van der Waals surface area contributed by atoms with E-state index in [2.05, 4.69) is 32.8 Å². The van der Waals surface area contributed by atoms with E-state index in [1.165, 1.54) is 4.88 Å². The van der Waals surface area contributed by atoms with Gasteiger partial charge in [-0.1, -0.05) is 0 Å². The average Bonchev–Trinajstić information content (AvgIpc) is 2.85. The average molecular weight is 291 g/mol. The third-order valence-corrected chi connectivity index (χ3v) is 4.74. The molecule has 0 saturated carbocycles. The van der Waals surface area contributed by atoms with Crippen LogP contribution in [0.15, 0.2) is 15.9 Å². The maximum Gasteiger partial charge on any atom is 0.0568 e. The lowest BCUT2D eigenvalue weighted by molar-refractivity contribution is 0.181. The summed E-state index contributed by atoms with van der Waals surface area (Å²) in [4.78, 5) is 1.28. The zero-order valence-electron chi connectivity index (χ0n) is 8.41. The maximum atomic E-state index is 5.61. The van der Waals surface area contributed by atoms with Gasteiger partial charge in [-0.25, -0.2) is 0 Å². The van der Waals surface area contributed by atoms with Crippen molar-refractivity contribution in [3.63, 3.8) is 0 Å². The molecule has 1 aromatic heterocycles. The topological polar surface area (TPSA) is 47.3 Å². The fourth-order valence-corrected chi connectivity index (χ4v) is 3.63. The van der Waals surface area contributed by atoms with Gasteiger partial charge in [0.2, 0.25) is 0 Å². The second kappa shape index (κ2) is 5.41. The number of hydrogen-bond donors (Lipinski definition) is 2. The molecular formula is C10H15BrN2OS. The largest absolute Gasteiger partial charge is 0.381 e. The molecule has 1 fully saturated rings. The lowest BCUT2D eigenvalue weighted by Gasteiger charge is -2.18. The van der Waals surface area contributed by atoms with Gasteiger partial charge in [-0.15, -0.1) is 11.3 Å². The predicted octanol–water partition coefficient (Wildman–Crippen LogP) is 2.44. The SMILES string of the molecule is NNC(CC1CCOC1)c1sccc1Br. The van der Waals surface area contributed by atoms with E-state index in [4.69, 9.17) is 10.6 Å². The second-order valence-electron chi connectivity index (χ2n) is 3.82. The van der Waals surface area contributed by atoms with Crippen LogP contribution in [0.2, 0.25) is 0 Å². The summed E-state index contributed by atoms with van der Waals surface area (Å²) in [6.07, 6.45) is 2.21. The third kappa shape index (κ3) is 2.79. The zero-order valence-corrected chi connectivity index (χ0v) is 10.8. The van der Waals surface area contributed by atoms with Crippen molar-refractivity contribution in [2.24, 2.45) is 11.8 Å². The fraction of sp³-hybridized carbons (Fsp3) is 0.600. The fourth-order valence-electron chi connectivity index (χ4n) is 1.91. The molecule has 2 heterocycles. The normalized spacial score (nSPS) is 23.2. The van der Waals surface area contributed by atoms with Crippen molar-refractivity contribution in [3.8, 4) is 0 Å². The summed E-state index contributed by atoms with van der Waals surface area (Å²) in [5.74, 6) is 6.24. The smallest absolute Gasteiger partial charge is 0.0568 e. The summed E-state index contributed by atoms with van der Waals surface area (Å²) < 4.78 is 6.52. The highest BCUT2D eigenvalue weighted by Crippen LogP contribution is 2.33. The second-order valence-corrected chi connectivity index (χ2v) is 5.62. The molecule has 2 atom stereocenters. The zero-order chi connectivity index (χ0) is 10.7. The van der Waals surface area contributed by atoms with Crippen LogP contribution in [0.1, 0.15) is 23.8 Å². The van der Waals surface area contributed by atoms with Gasteiger partial charge in [-0.3, -0.25) is 11.3 Å². The Bertz CT molecular complexity index is 312. The van der Waals surface area contributed by atoms with E-state index in [-0.39, 0.29) is 6.04 Å². The highest BCUT2D eigenvalue weighted by molar-refractivity contribution is 9.10. The molecule has 3 N–H and O–H groups in total. The first-order valence-electron chi connectivity index (χ1n) is 5.08. The summed E-state index contributed by atoms with van der Waals surface area (Å²) in [5, 5.41) is 2.08. The molecule has 2 unspecified atom stereocenters. The van der Waals surface area contributed by atoms with Crippen LogP contribution in [-0.4, -0.2) is 13.2 Å². The Morgan fingerprint density at radius 1 is 1.73 bits per heavy atom. The van der Waals surface area contributed by atoms with Gasteiger partial charge >= 0.3 is 0 Å². The first-order chi connectivity index (χ1) is 7.31. The highest BCUT2D eigenvalue weighted by atomic mass is 79.9. The highest BCUT2D eigenvalue weighted by Gasteiger charge is 2.23. The van der Waals surface area contributed by atoms with Crippen LogP contribution in [0.25, 0.3) is 0 Å². The monoisotopic (exact) mass is 290 g/mol. The van der Waals surface area contributed by atoms with Crippen LogP contribution >= 0.6 is 27.3 Å². The van der Waals surface area contributed by atoms with Gasteiger partial charge in [0.15, 0.2) is 0 Å². The third-order valence-electron chi connectivity index (χ3n) is 2.76. The van der Waals surface area contributed by atoms with E-state index >= 15 is 0 Å². The molecule has 1 saturated heterocycles. The molecule has 1 aliphatic heterocycles.